The molecule has 3 rings (SSSR count). The van der Waals surface area contributed by atoms with Crippen LogP contribution >= 0.6 is 0 Å². The van der Waals surface area contributed by atoms with Crippen molar-refractivity contribution in [1.82, 2.24) is 4.90 Å². The zero-order valence-electron chi connectivity index (χ0n) is 14.0. The van der Waals surface area contributed by atoms with Gasteiger partial charge in [0.25, 0.3) is 0 Å². The molecule has 1 heterocycles. The van der Waals surface area contributed by atoms with E-state index in [0.29, 0.717) is 18.5 Å². The minimum absolute atomic E-state index is 0.0477. The number of carbonyl (C=O) groups excluding carboxylic acids is 1. The third-order valence-electron chi connectivity index (χ3n) is 4.47. The van der Waals surface area contributed by atoms with Gasteiger partial charge in [-0.1, -0.05) is 12.1 Å². The molecular weight excluding hydrogens is 344 g/mol. The van der Waals surface area contributed by atoms with E-state index < -0.39 is 28.3 Å². The van der Waals surface area contributed by atoms with Crippen molar-refractivity contribution in [3.63, 3.8) is 0 Å². The first-order valence-corrected chi connectivity index (χ1v) is 8.10. The van der Waals surface area contributed by atoms with Crippen molar-refractivity contribution in [2.24, 2.45) is 0 Å². The molecule has 0 radical (unpaired) electrons. The molecule has 0 saturated heterocycles. The summed E-state index contributed by atoms with van der Waals surface area (Å²) in [6, 6.07) is 7.67. The van der Waals surface area contributed by atoms with E-state index in [2.05, 4.69) is 5.32 Å². The summed E-state index contributed by atoms with van der Waals surface area (Å²) in [4.78, 5) is 23.8. The van der Waals surface area contributed by atoms with Crippen molar-refractivity contribution in [2.45, 2.75) is 25.9 Å². The molecule has 0 aliphatic carbocycles. The molecule has 0 fully saturated rings. The Balaban J connectivity index is 2.00. The zero-order valence-corrected chi connectivity index (χ0v) is 14.0. The number of anilines is 1. The van der Waals surface area contributed by atoms with Crippen molar-refractivity contribution in [2.75, 3.05) is 11.9 Å². The van der Waals surface area contributed by atoms with Crippen LogP contribution in [0.2, 0.25) is 0 Å². The van der Waals surface area contributed by atoms with Crippen LogP contribution in [0.15, 0.2) is 36.4 Å². The Morgan fingerprint density at radius 3 is 2.77 bits per heavy atom. The minimum atomic E-state index is -0.932. The van der Waals surface area contributed by atoms with Gasteiger partial charge in [-0.05, 0) is 41.8 Å². The molecule has 1 unspecified atom stereocenters. The number of carbonyl (C=O) groups is 1. The van der Waals surface area contributed by atoms with E-state index in [9.17, 15) is 23.7 Å². The quantitative estimate of drug-likeness (QED) is 0.667. The molecule has 6 nitrogen and oxygen atoms in total. The number of nitro groups is 1. The second kappa shape index (κ2) is 7.07. The Labute approximate surface area is 148 Å². The summed E-state index contributed by atoms with van der Waals surface area (Å²) in [6.45, 7) is 2.09. The average Bonchev–Trinajstić information content (AvgIpc) is 2.74. The van der Waals surface area contributed by atoms with E-state index in [0.717, 1.165) is 11.6 Å². The Morgan fingerprint density at radius 2 is 2.08 bits per heavy atom. The number of hydrogen-bond acceptors (Lipinski definition) is 4. The number of benzene rings is 2. The van der Waals surface area contributed by atoms with Crippen LogP contribution in [0.3, 0.4) is 0 Å². The number of amides is 1. The topological polar surface area (TPSA) is 75.5 Å². The van der Waals surface area contributed by atoms with Gasteiger partial charge in [-0.2, -0.15) is 4.39 Å². The van der Waals surface area contributed by atoms with Crippen LogP contribution in [0.25, 0.3) is 0 Å². The number of hydrogen-bond donors (Lipinski definition) is 1. The smallest absolute Gasteiger partial charge is 0.327 e. The second-order valence-corrected chi connectivity index (χ2v) is 6.16. The van der Waals surface area contributed by atoms with Crippen molar-refractivity contribution in [3.05, 3.63) is 69.3 Å². The fraction of sp³-hybridized carbons (Fsp3) is 0.278. The normalized spacial score (nSPS) is 16.6. The summed E-state index contributed by atoms with van der Waals surface area (Å²) in [5.41, 5.74) is 0.762. The van der Waals surface area contributed by atoms with Gasteiger partial charge in [0.05, 0.1) is 11.0 Å². The van der Waals surface area contributed by atoms with E-state index in [-0.39, 0.29) is 18.1 Å². The maximum Gasteiger partial charge on any atom is 0.327 e. The molecule has 136 valence electrons. The molecule has 2 aromatic carbocycles. The Kier molecular flexibility index (Phi) is 4.83. The Morgan fingerprint density at radius 1 is 1.31 bits per heavy atom. The SMILES string of the molecule is CC(=O)N1CCC(Nc2cccc(F)c2[N+](=O)[O-])c2ccc(F)cc2C1. The highest BCUT2D eigenvalue weighted by Crippen LogP contribution is 2.34. The highest BCUT2D eigenvalue weighted by atomic mass is 19.1. The zero-order chi connectivity index (χ0) is 18.8. The molecule has 0 spiro atoms. The van der Waals surface area contributed by atoms with E-state index in [1.165, 1.54) is 31.2 Å². The number of rotatable bonds is 3. The summed E-state index contributed by atoms with van der Waals surface area (Å²) in [6.07, 6.45) is 0.450. The number of fused-ring (bicyclic) bond motifs is 1. The van der Waals surface area contributed by atoms with Crippen LogP contribution in [0.1, 0.15) is 30.5 Å². The minimum Gasteiger partial charge on any atom is -0.373 e. The highest BCUT2D eigenvalue weighted by molar-refractivity contribution is 5.73. The van der Waals surface area contributed by atoms with Gasteiger partial charge in [-0.15, -0.1) is 0 Å². The van der Waals surface area contributed by atoms with E-state index in [1.54, 1.807) is 11.0 Å². The number of halogens is 2. The lowest BCUT2D eigenvalue weighted by Gasteiger charge is -2.20. The van der Waals surface area contributed by atoms with Crippen molar-refractivity contribution in [3.8, 4) is 0 Å². The van der Waals surface area contributed by atoms with Gasteiger partial charge < -0.3 is 10.2 Å². The summed E-state index contributed by atoms with van der Waals surface area (Å²) in [5, 5.41) is 14.2. The number of nitro benzene ring substituents is 1. The fourth-order valence-corrected chi connectivity index (χ4v) is 3.20. The van der Waals surface area contributed by atoms with Crippen LogP contribution in [0.5, 0.6) is 0 Å². The molecule has 1 N–H and O–H groups in total. The number of para-hydroxylation sites is 1. The number of nitrogens with one attached hydrogen (secondary N) is 1. The van der Waals surface area contributed by atoms with Crippen LogP contribution < -0.4 is 5.32 Å². The molecule has 0 aromatic heterocycles. The van der Waals surface area contributed by atoms with Gasteiger partial charge in [0.1, 0.15) is 11.5 Å². The largest absolute Gasteiger partial charge is 0.373 e. The first-order valence-electron chi connectivity index (χ1n) is 8.10. The van der Waals surface area contributed by atoms with E-state index in [1.807, 2.05) is 0 Å². The standard InChI is InChI=1S/C18H17F2N3O3/c1-11(24)22-8-7-16(14-6-5-13(19)9-12(14)10-22)21-17-4-2-3-15(20)18(17)23(25)26/h2-6,9,16,21H,7-8,10H2,1H3. The molecule has 1 aliphatic rings. The molecule has 0 bridgehead atoms. The van der Waals surface area contributed by atoms with Crippen LogP contribution in [-0.2, 0) is 11.3 Å². The first-order chi connectivity index (χ1) is 12.4. The van der Waals surface area contributed by atoms with Gasteiger partial charge in [-0.25, -0.2) is 4.39 Å². The van der Waals surface area contributed by atoms with Crippen molar-refractivity contribution < 1.29 is 18.5 Å². The second-order valence-electron chi connectivity index (χ2n) is 6.16. The lowest BCUT2D eigenvalue weighted by Crippen LogP contribution is -2.28. The summed E-state index contributed by atoms with van der Waals surface area (Å²) in [5.74, 6) is -1.50. The van der Waals surface area contributed by atoms with Crippen LogP contribution in [0.4, 0.5) is 20.2 Å². The lowest BCUT2D eigenvalue weighted by atomic mass is 9.98. The predicted molar refractivity (Wildman–Crippen MR) is 91.5 cm³/mol. The number of nitrogens with zero attached hydrogens (tertiary/aromatic N) is 2. The third kappa shape index (κ3) is 3.49. The van der Waals surface area contributed by atoms with Gasteiger partial charge >= 0.3 is 5.69 Å². The van der Waals surface area contributed by atoms with Crippen LogP contribution in [-0.4, -0.2) is 22.3 Å². The highest BCUT2D eigenvalue weighted by Gasteiger charge is 2.27. The van der Waals surface area contributed by atoms with Gasteiger partial charge in [-0.3, -0.25) is 14.9 Å². The van der Waals surface area contributed by atoms with E-state index >= 15 is 0 Å². The van der Waals surface area contributed by atoms with Gasteiger partial charge in [0.15, 0.2) is 0 Å². The maximum absolute atomic E-state index is 13.9. The van der Waals surface area contributed by atoms with Crippen LogP contribution in [0, 0.1) is 21.7 Å². The summed E-state index contributed by atoms with van der Waals surface area (Å²) >= 11 is 0. The monoisotopic (exact) mass is 361 g/mol. The molecule has 8 heteroatoms. The third-order valence-corrected chi connectivity index (χ3v) is 4.47. The predicted octanol–water partition coefficient (Wildman–Crippen LogP) is 3.78. The molecule has 2 aromatic rings. The molecular formula is C18H17F2N3O3. The summed E-state index contributed by atoms with van der Waals surface area (Å²) in [7, 11) is 0. The van der Waals surface area contributed by atoms with Crippen molar-refractivity contribution in [1.29, 1.82) is 0 Å². The first kappa shape index (κ1) is 17.8. The Bertz CT molecular complexity index is 873. The molecule has 0 saturated carbocycles. The van der Waals surface area contributed by atoms with Gasteiger partial charge in [0, 0.05) is 20.0 Å². The molecule has 1 atom stereocenters. The molecule has 1 aliphatic heterocycles. The van der Waals surface area contributed by atoms with Gasteiger partial charge in [0.2, 0.25) is 11.7 Å². The maximum atomic E-state index is 13.9. The van der Waals surface area contributed by atoms with E-state index in [4.69, 9.17) is 0 Å². The Hall–Kier alpha value is -3.03. The summed E-state index contributed by atoms with van der Waals surface area (Å²) < 4.78 is 27.5. The fourth-order valence-electron chi connectivity index (χ4n) is 3.20. The molecule has 1 amide bonds. The van der Waals surface area contributed by atoms with Crippen molar-refractivity contribution >= 4 is 17.3 Å². The molecule has 26 heavy (non-hydrogen) atoms. The lowest BCUT2D eigenvalue weighted by molar-refractivity contribution is -0.386. The average molecular weight is 361 g/mol.